The highest BCUT2D eigenvalue weighted by molar-refractivity contribution is 7.15. The third kappa shape index (κ3) is 3.69. The number of thiazole rings is 1. The zero-order valence-electron chi connectivity index (χ0n) is 11.3. The van der Waals surface area contributed by atoms with Crippen molar-refractivity contribution in [3.63, 3.8) is 0 Å². The summed E-state index contributed by atoms with van der Waals surface area (Å²) in [7, 11) is 0. The predicted molar refractivity (Wildman–Crippen MR) is 81.9 cm³/mol. The average molecular weight is 318 g/mol. The molecule has 20 heavy (non-hydrogen) atoms. The molecule has 2 heterocycles. The van der Waals surface area contributed by atoms with Crippen molar-refractivity contribution in [2.45, 2.75) is 38.1 Å². The monoisotopic (exact) mass is 317 g/mol. The van der Waals surface area contributed by atoms with Crippen LogP contribution in [-0.2, 0) is 22.4 Å². The molecule has 0 aromatic carbocycles. The minimum Gasteiger partial charge on any atom is -0.378 e. The highest BCUT2D eigenvalue weighted by Gasteiger charge is 2.23. The first-order valence-electron chi connectivity index (χ1n) is 6.93. The number of aromatic nitrogens is 1. The van der Waals surface area contributed by atoms with Gasteiger partial charge in [0.25, 0.3) is 0 Å². The number of hydrogen-bond acceptors (Lipinski definition) is 5. The topological polar surface area (TPSA) is 63.2 Å². The SMILES string of the molecule is Cl.O=C(Nc1nc2c(s1)CCCCC2)C1COCCN1. The summed E-state index contributed by atoms with van der Waals surface area (Å²) in [4.78, 5) is 18.0. The lowest BCUT2D eigenvalue weighted by Gasteiger charge is -2.22. The third-order valence-corrected chi connectivity index (χ3v) is 4.64. The Morgan fingerprint density at radius 3 is 3.00 bits per heavy atom. The fourth-order valence-electron chi connectivity index (χ4n) is 2.51. The van der Waals surface area contributed by atoms with Gasteiger partial charge in [0.15, 0.2) is 5.13 Å². The number of carbonyl (C=O) groups excluding carboxylic acids is 1. The van der Waals surface area contributed by atoms with Gasteiger partial charge in [0.05, 0.1) is 18.9 Å². The van der Waals surface area contributed by atoms with Crippen molar-refractivity contribution in [3.8, 4) is 0 Å². The Morgan fingerprint density at radius 2 is 2.20 bits per heavy atom. The van der Waals surface area contributed by atoms with Crippen LogP contribution in [0.25, 0.3) is 0 Å². The molecule has 1 fully saturated rings. The molecule has 7 heteroatoms. The minimum absolute atomic E-state index is 0. The largest absolute Gasteiger partial charge is 0.378 e. The summed E-state index contributed by atoms with van der Waals surface area (Å²) in [5, 5.41) is 6.81. The number of amides is 1. The van der Waals surface area contributed by atoms with Gasteiger partial charge < -0.3 is 15.4 Å². The van der Waals surface area contributed by atoms with Crippen LogP contribution in [0.4, 0.5) is 5.13 Å². The number of nitrogens with zero attached hydrogens (tertiary/aromatic N) is 1. The lowest BCUT2D eigenvalue weighted by Crippen LogP contribution is -2.48. The highest BCUT2D eigenvalue weighted by atomic mass is 35.5. The third-order valence-electron chi connectivity index (χ3n) is 3.56. The number of halogens is 1. The lowest BCUT2D eigenvalue weighted by molar-refractivity contribution is -0.120. The molecule has 0 bridgehead atoms. The van der Waals surface area contributed by atoms with E-state index < -0.39 is 0 Å². The number of hydrogen-bond donors (Lipinski definition) is 2. The van der Waals surface area contributed by atoms with Crippen LogP contribution >= 0.6 is 23.7 Å². The fourth-order valence-corrected chi connectivity index (χ4v) is 3.56. The molecule has 1 unspecified atom stereocenters. The summed E-state index contributed by atoms with van der Waals surface area (Å²) in [5.74, 6) is -0.0383. The van der Waals surface area contributed by atoms with Crippen molar-refractivity contribution in [1.82, 2.24) is 10.3 Å². The zero-order chi connectivity index (χ0) is 13.1. The number of aryl methyl sites for hydroxylation is 2. The highest BCUT2D eigenvalue weighted by Crippen LogP contribution is 2.28. The summed E-state index contributed by atoms with van der Waals surface area (Å²) >= 11 is 1.63. The minimum atomic E-state index is -0.252. The summed E-state index contributed by atoms with van der Waals surface area (Å²) in [6.07, 6.45) is 5.89. The molecule has 0 saturated carbocycles. The number of carbonyl (C=O) groups is 1. The zero-order valence-corrected chi connectivity index (χ0v) is 12.9. The van der Waals surface area contributed by atoms with E-state index in [1.807, 2.05) is 0 Å². The van der Waals surface area contributed by atoms with E-state index in [0.29, 0.717) is 13.2 Å². The van der Waals surface area contributed by atoms with Gasteiger partial charge in [-0.15, -0.1) is 23.7 Å². The van der Waals surface area contributed by atoms with Crippen molar-refractivity contribution in [2.75, 3.05) is 25.1 Å². The van der Waals surface area contributed by atoms with Gasteiger partial charge in [0.2, 0.25) is 5.91 Å². The van der Waals surface area contributed by atoms with Gasteiger partial charge in [-0.2, -0.15) is 0 Å². The van der Waals surface area contributed by atoms with Crippen LogP contribution in [0.3, 0.4) is 0 Å². The van der Waals surface area contributed by atoms with Crippen LogP contribution in [-0.4, -0.2) is 36.7 Å². The van der Waals surface area contributed by atoms with Crippen LogP contribution in [0.5, 0.6) is 0 Å². The van der Waals surface area contributed by atoms with E-state index in [-0.39, 0.29) is 24.4 Å². The van der Waals surface area contributed by atoms with Gasteiger partial charge in [0.1, 0.15) is 6.04 Å². The number of nitrogens with one attached hydrogen (secondary N) is 2. The van der Waals surface area contributed by atoms with E-state index in [1.165, 1.54) is 29.8 Å². The Balaban J connectivity index is 0.00000147. The molecule has 0 spiro atoms. The van der Waals surface area contributed by atoms with E-state index in [9.17, 15) is 4.79 Å². The lowest BCUT2D eigenvalue weighted by atomic mass is 10.2. The Bertz CT molecular complexity index is 437. The molecular weight excluding hydrogens is 298 g/mol. The van der Waals surface area contributed by atoms with Crippen LogP contribution < -0.4 is 10.6 Å². The van der Waals surface area contributed by atoms with Gasteiger partial charge in [0, 0.05) is 11.4 Å². The Hall–Kier alpha value is -0.690. The van der Waals surface area contributed by atoms with E-state index in [0.717, 1.165) is 24.5 Å². The molecule has 112 valence electrons. The molecule has 1 aromatic heterocycles. The first-order chi connectivity index (χ1) is 9.33. The number of ether oxygens (including phenoxy) is 1. The molecule has 1 aliphatic heterocycles. The van der Waals surface area contributed by atoms with Crippen molar-refractivity contribution in [3.05, 3.63) is 10.6 Å². The van der Waals surface area contributed by atoms with Crippen LogP contribution in [0, 0.1) is 0 Å². The second kappa shape index (κ2) is 7.36. The Labute approximate surface area is 128 Å². The van der Waals surface area contributed by atoms with Crippen molar-refractivity contribution in [2.24, 2.45) is 0 Å². The quantitative estimate of drug-likeness (QED) is 0.816. The Kier molecular flexibility index (Phi) is 5.77. The van der Waals surface area contributed by atoms with Gasteiger partial charge in [-0.25, -0.2) is 4.98 Å². The second-order valence-electron chi connectivity index (χ2n) is 5.02. The van der Waals surface area contributed by atoms with Crippen LogP contribution in [0.15, 0.2) is 0 Å². The molecule has 1 amide bonds. The smallest absolute Gasteiger partial charge is 0.245 e. The molecular formula is C13H20ClN3O2S. The standard InChI is InChI=1S/C13H19N3O2S.ClH/c17-12(10-8-18-7-6-14-10)16-13-15-9-4-2-1-3-5-11(9)19-13;/h10,14H,1-8H2,(H,15,16,17);1H. The average Bonchev–Trinajstić information content (AvgIpc) is 2.69. The van der Waals surface area contributed by atoms with Crippen molar-refractivity contribution in [1.29, 1.82) is 0 Å². The normalized spacial score (nSPS) is 22.3. The molecule has 2 N–H and O–H groups in total. The van der Waals surface area contributed by atoms with Crippen LogP contribution in [0.2, 0.25) is 0 Å². The number of rotatable bonds is 2. The van der Waals surface area contributed by atoms with Gasteiger partial charge in [-0.1, -0.05) is 6.42 Å². The first-order valence-corrected chi connectivity index (χ1v) is 7.75. The molecule has 1 aliphatic carbocycles. The molecule has 1 saturated heterocycles. The molecule has 2 aliphatic rings. The molecule has 0 radical (unpaired) electrons. The summed E-state index contributed by atoms with van der Waals surface area (Å²) < 4.78 is 5.30. The van der Waals surface area contributed by atoms with Gasteiger partial charge >= 0.3 is 0 Å². The summed E-state index contributed by atoms with van der Waals surface area (Å²) in [6, 6.07) is -0.252. The Morgan fingerprint density at radius 1 is 1.35 bits per heavy atom. The van der Waals surface area contributed by atoms with Crippen molar-refractivity contribution < 1.29 is 9.53 Å². The van der Waals surface area contributed by atoms with Crippen LogP contribution in [0.1, 0.15) is 29.8 Å². The molecule has 1 aromatic rings. The first kappa shape index (κ1) is 15.7. The number of morpholine rings is 1. The number of fused-ring (bicyclic) bond motifs is 1. The van der Waals surface area contributed by atoms with Gasteiger partial charge in [-0.3, -0.25) is 4.79 Å². The maximum atomic E-state index is 12.1. The maximum absolute atomic E-state index is 12.1. The van der Waals surface area contributed by atoms with E-state index in [2.05, 4.69) is 15.6 Å². The molecule has 1 atom stereocenters. The van der Waals surface area contributed by atoms with E-state index >= 15 is 0 Å². The fraction of sp³-hybridized carbons (Fsp3) is 0.692. The van der Waals surface area contributed by atoms with E-state index in [4.69, 9.17) is 4.74 Å². The molecule has 5 nitrogen and oxygen atoms in total. The van der Waals surface area contributed by atoms with Gasteiger partial charge in [-0.05, 0) is 25.7 Å². The molecule has 3 rings (SSSR count). The maximum Gasteiger partial charge on any atom is 0.245 e. The van der Waals surface area contributed by atoms with Crippen molar-refractivity contribution >= 4 is 34.8 Å². The summed E-state index contributed by atoms with van der Waals surface area (Å²) in [5.41, 5.74) is 1.19. The predicted octanol–water partition coefficient (Wildman–Crippen LogP) is 1.76. The number of anilines is 1. The van der Waals surface area contributed by atoms with E-state index in [1.54, 1.807) is 11.3 Å². The summed E-state index contributed by atoms with van der Waals surface area (Å²) in [6.45, 7) is 1.85. The second-order valence-corrected chi connectivity index (χ2v) is 6.10.